The van der Waals surface area contributed by atoms with Crippen LogP contribution in [0, 0.1) is 0 Å². The number of nitrogens with two attached hydrogens (primary N) is 1. The van der Waals surface area contributed by atoms with E-state index in [-0.39, 0.29) is 11.5 Å². The third kappa shape index (κ3) is 3.89. The number of hydrogen-bond acceptors (Lipinski definition) is 5. The number of rotatable bonds is 6. The van der Waals surface area contributed by atoms with Crippen molar-refractivity contribution < 1.29 is 13.2 Å². The van der Waals surface area contributed by atoms with E-state index in [1.165, 1.54) is 6.26 Å². The fourth-order valence-corrected chi connectivity index (χ4v) is 4.14. The van der Waals surface area contributed by atoms with Gasteiger partial charge < -0.3 is 10.5 Å². The van der Waals surface area contributed by atoms with Crippen LogP contribution in [0.15, 0.2) is 71.8 Å². The van der Waals surface area contributed by atoms with Crippen LogP contribution in [0.1, 0.15) is 18.2 Å². The van der Waals surface area contributed by atoms with E-state index in [1.807, 2.05) is 53.1 Å². The molecule has 0 unspecified atom stereocenters. The number of anilines is 1. The monoisotopic (exact) mass is 421 g/mol. The van der Waals surface area contributed by atoms with Crippen LogP contribution in [-0.2, 0) is 22.9 Å². The highest BCUT2D eigenvalue weighted by molar-refractivity contribution is 7.90. The molecule has 30 heavy (non-hydrogen) atoms. The smallest absolute Gasteiger partial charge is 0.175 e. The van der Waals surface area contributed by atoms with Crippen molar-refractivity contribution in [3.8, 4) is 17.0 Å². The van der Waals surface area contributed by atoms with Crippen molar-refractivity contribution in [3.63, 3.8) is 0 Å². The molecule has 0 amide bonds. The van der Waals surface area contributed by atoms with E-state index in [9.17, 15) is 8.42 Å². The van der Waals surface area contributed by atoms with Gasteiger partial charge in [-0.05, 0) is 48.4 Å². The fraction of sp³-hybridized carbons (Fsp3) is 0.174. The lowest BCUT2D eigenvalue weighted by Gasteiger charge is -2.10. The molecule has 154 valence electrons. The summed E-state index contributed by atoms with van der Waals surface area (Å²) in [6.07, 6.45) is 3.93. The summed E-state index contributed by atoms with van der Waals surface area (Å²) in [4.78, 5) is 4.99. The predicted octanol–water partition coefficient (Wildman–Crippen LogP) is 4.13. The summed E-state index contributed by atoms with van der Waals surface area (Å²) in [6.45, 7) is 2.34. The van der Waals surface area contributed by atoms with Gasteiger partial charge in [0.15, 0.2) is 15.5 Å². The molecule has 6 nitrogen and oxygen atoms in total. The Hall–Kier alpha value is -3.32. The van der Waals surface area contributed by atoms with Gasteiger partial charge in [0.2, 0.25) is 0 Å². The summed E-state index contributed by atoms with van der Waals surface area (Å²) in [5, 5.41) is 0. The van der Waals surface area contributed by atoms with Crippen molar-refractivity contribution in [3.05, 3.63) is 78.1 Å². The molecule has 2 aromatic carbocycles. The minimum absolute atomic E-state index is 0.271. The summed E-state index contributed by atoms with van der Waals surface area (Å²) in [7, 11) is -3.25. The molecule has 4 rings (SSSR count). The number of benzene rings is 2. The van der Waals surface area contributed by atoms with Gasteiger partial charge in [-0.3, -0.25) is 4.40 Å². The summed E-state index contributed by atoms with van der Waals surface area (Å²) in [6, 6.07) is 18.3. The van der Waals surface area contributed by atoms with E-state index in [4.69, 9.17) is 15.5 Å². The lowest BCUT2D eigenvalue weighted by atomic mass is 10.1. The first-order valence-corrected chi connectivity index (χ1v) is 11.5. The Morgan fingerprint density at radius 2 is 1.87 bits per heavy atom. The lowest BCUT2D eigenvalue weighted by molar-refractivity contribution is 0.306. The number of hydrogen-bond donors (Lipinski definition) is 1. The minimum Gasteiger partial charge on any atom is -0.489 e. The van der Waals surface area contributed by atoms with E-state index in [1.54, 1.807) is 18.2 Å². The summed E-state index contributed by atoms with van der Waals surface area (Å²) in [5.74, 6) is 0.693. The van der Waals surface area contributed by atoms with Crippen molar-refractivity contribution >= 4 is 21.2 Å². The predicted molar refractivity (Wildman–Crippen MR) is 118 cm³/mol. The molecule has 0 spiro atoms. The Balaban J connectivity index is 1.65. The zero-order valence-corrected chi connectivity index (χ0v) is 17.7. The SMILES string of the molecule is CCc1nc2c(N)cccn2c1-c1cccc(OCc2cccc(S(C)(=O)=O)c2)c1. The van der Waals surface area contributed by atoms with Crippen LogP contribution in [0.2, 0.25) is 0 Å². The van der Waals surface area contributed by atoms with Crippen molar-refractivity contribution in [1.29, 1.82) is 0 Å². The van der Waals surface area contributed by atoms with Gasteiger partial charge >= 0.3 is 0 Å². The molecule has 0 saturated carbocycles. The first kappa shape index (κ1) is 20.0. The van der Waals surface area contributed by atoms with E-state index in [0.29, 0.717) is 11.4 Å². The molecule has 0 aliphatic carbocycles. The number of nitrogen functional groups attached to an aromatic ring is 1. The number of pyridine rings is 1. The Labute approximate surface area is 175 Å². The molecular formula is C23H23N3O3S. The molecule has 2 aromatic heterocycles. The van der Waals surface area contributed by atoms with Crippen molar-refractivity contribution in [1.82, 2.24) is 9.38 Å². The van der Waals surface area contributed by atoms with Crippen LogP contribution in [0.25, 0.3) is 16.9 Å². The zero-order chi connectivity index (χ0) is 21.3. The second-order valence-electron chi connectivity index (χ2n) is 7.15. The molecule has 0 aliphatic rings. The van der Waals surface area contributed by atoms with Gasteiger partial charge in [0.05, 0.1) is 22.0 Å². The molecule has 2 heterocycles. The Morgan fingerprint density at radius 3 is 2.63 bits per heavy atom. The number of aryl methyl sites for hydroxylation is 1. The van der Waals surface area contributed by atoms with E-state index >= 15 is 0 Å². The maximum absolute atomic E-state index is 11.8. The molecule has 0 bridgehead atoms. The van der Waals surface area contributed by atoms with E-state index in [0.717, 1.165) is 34.6 Å². The number of imidazole rings is 1. The molecule has 2 N–H and O–H groups in total. The van der Waals surface area contributed by atoms with E-state index in [2.05, 4.69) is 6.92 Å². The summed E-state index contributed by atoms with van der Waals surface area (Å²) in [5.41, 5.74) is 11.2. The highest BCUT2D eigenvalue weighted by Gasteiger charge is 2.15. The molecule has 0 aliphatic heterocycles. The van der Waals surface area contributed by atoms with Crippen LogP contribution in [0.3, 0.4) is 0 Å². The molecule has 0 saturated heterocycles. The summed E-state index contributed by atoms with van der Waals surface area (Å²) >= 11 is 0. The Kier molecular flexibility index (Phi) is 5.22. The van der Waals surface area contributed by atoms with Gasteiger partial charge in [0.25, 0.3) is 0 Å². The Bertz CT molecular complexity index is 1330. The molecule has 0 fully saturated rings. The largest absolute Gasteiger partial charge is 0.489 e. The third-order valence-corrected chi connectivity index (χ3v) is 6.04. The number of aromatic nitrogens is 2. The first-order valence-electron chi connectivity index (χ1n) is 9.64. The summed E-state index contributed by atoms with van der Waals surface area (Å²) < 4.78 is 31.5. The average Bonchev–Trinajstić information content (AvgIpc) is 3.12. The number of fused-ring (bicyclic) bond motifs is 1. The molecule has 4 aromatic rings. The quantitative estimate of drug-likeness (QED) is 0.506. The molecular weight excluding hydrogens is 398 g/mol. The third-order valence-electron chi connectivity index (χ3n) is 4.93. The maximum atomic E-state index is 11.8. The molecule has 0 atom stereocenters. The second-order valence-corrected chi connectivity index (χ2v) is 9.17. The molecule has 7 heteroatoms. The maximum Gasteiger partial charge on any atom is 0.175 e. The van der Waals surface area contributed by atoms with Gasteiger partial charge in [0.1, 0.15) is 12.4 Å². The van der Waals surface area contributed by atoms with Crippen LogP contribution in [-0.4, -0.2) is 24.1 Å². The standard InChI is InChI=1S/C23H23N3O3S/c1-3-21-22(26-12-6-11-20(24)23(26)25-21)17-8-5-9-18(14-17)29-15-16-7-4-10-19(13-16)30(2,27)28/h4-14H,3,15,24H2,1-2H3. The average molecular weight is 422 g/mol. The Morgan fingerprint density at radius 1 is 1.07 bits per heavy atom. The number of sulfone groups is 1. The highest BCUT2D eigenvalue weighted by atomic mass is 32.2. The van der Waals surface area contributed by atoms with Crippen molar-refractivity contribution in [2.24, 2.45) is 0 Å². The topological polar surface area (TPSA) is 86.7 Å². The van der Waals surface area contributed by atoms with Crippen LogP contribution < -0.4 is 10.5 Å². The van der Waals surface area contributed by atoms with Gasteiger partial charge in [-0.2, -0.15) is 0 Å². The van der Waals surface area contributed by atoms with Crippen molar-refractivity contribution in [2.75, 3.05) is 12.0 Å². The normalized spacial score (nSPS) is 11.7. The van der Waals surface area contributed by atoms with Crippen LogP contribution in [0.5, 0.6) is 5.75 Å². The zero-order valence-electron chi connectivity index (χ0n) is 16.9. The molecule has 0 radical (unpaired) electrons. The minimum atomic E-state index is -3.25. The fourth-order valence-electron chi connectivity index (χ4n) is 3.45. The number of nitrogens with zero attached hydrogens (tertiary/aromatic N) is 2. The van der Waals surface area contributed by atoms with Gasteiger partial charge in [-0.25, -0.2) is 13.4 Å². The lowest BCUT2D eigenvalue weighted by Crippen LogP contribution is -2.00. The van der Waals surface area contributed by atoms with Crippen LogP contribution in [0.4, 0.5) is 5.69 Å². The van der Waals surface area contributed by atoms with Crippen LogP contribution >= 0.6 is 0 Å². The first-order chi connectivity index (χ1) is 14.4. The van der Waals surface area contributed by atoms with Crippen molar-refractivity contribution in [2.45, 2.75) is 24.8 Å². The number of ether oxygens (including phenoxy) is 1. The van der Waals surface area contributed by atoms with E-state index < -0.39 is 9.84 Å². The van der Waals surface area contributed by atoms with Gasteiger partial charge in [0, 0.05) is 18.0 Å². The van der Waals surface area contributed by atoms with Gasteiger partial charge in [-0.15, -0.1) is 0 Å². The van der Waals surface area contributed by atoms with Gasteiger partial charge in [-0.1, -0.05) is 31.2 Å². The highest BCUT2D eigenvalue weighted by Crippen LogP contribution is 2.30. The second kappa shape index (κ2) is 7.84.